The zero-order valence-corrected chi connectivity index (χ0v) is 14.8. The third-order valence-electron chi connectivity index (χ3n) is 3.05. The summed E-state index contributed by atoms with van der Waals surface area (Å²) in [6.07, 6.45) is 0. The van der Waals surface area contributed by atoms with E-state index < -0.39 is 21.5 Å². The van der Waals surface area contributed by atoms with E-state index >= 15 is 0 Å². The van der Waals surface area contributed by atoms with Crippen molar-refractivity contribution in [2.24, 2.45) is 0 Å². The van der Waals surface area contributed by atoms with Gasteiger partial charge in [-0.25, -0.2) is 8.42 Å². The van der Waals surface area contributed by atoms with E-state index in [9.17, 15) is 13.2 Å². The molecule has 1 amide bonds. The van der Waals surface area contributed by atoms with Crippen LogP contribution in [0, 0.1) is 0 Å². The van der Waals surface area contributed by atoms with Gasteiger partial charge in [-0.15, -0.1) is 0 Å². The molecule has 0 bridgehead atoms. The van der Waals surface area contributed by atoms with Crippen molar-refractivity contribution in [3.63, 3.8) is 0 Å². The van der Waals surface area contributed by atoms with Crippen LogP contribution < -0.4 is 5.32 Å². The lowest BCUT2D eigenvalue weighted by Crippen LogP contribution is -2.23. The second-order valence-corrected chi connectivity index (χ2v) is 8.02. The number of hydrogen-bond donors (Lipinski definition) is 1. The predicted molar refractivity (Wildman–Crippen MR) is 92.2 cm³/mol. The fourth-order valence-electron chi connectivity index (χ4n) is 2.03. The third-order valence-corrected chi connectivity index (χ3v) is 5.93. The minimum Gasteiger partial charge on any atom is -0.324 e. The number of hydrogen-bond acceptors (Lipinski definition) is 6. The number of fused-ring (bicyclic) bond motifs is 1. The number of nitrogens with one attached hydrogen (secondary N) is 1. The zero-order valence-electron chi connectivity index (χ0n) is 11.6. The lowest BCUT2D eigenvalue weighted by Gasteiger charge is -2.08. The van der Waals surface area contributed by atoms with Crippen molar-refractivity contribution < 1.29 is 13.2 Å². The molecule has 1 heterocycles. The molecule has 0 atom stereocenters. The van der Waals surface area contributed by atoms with Crippen molar-refractivity contribution >= 4 is 60.1 Å². The van der Waals surface area contributed by atoms with Crippen LogP contribution in [0.2, 0.25) is 0 Å². The molecule has 0 fully saturated rings. The molecular weight excluding hydrogens is 402 g/mol. The number of benzene rings is 2. The third kappa shape index (κ3) is 3.41. The van der Waals surface area contributed by atoms with Gasteiger partial charge in [-0.3, -0.25) is 4.79 Å². The molecule has 2 aromatic carbocycles. The summed E-state index contributed by atoms with van der Waals surface area (Å²) < 4.78 is 33.7. The van der Waals surface area contributed by atoms with Crippen molar-refractivity contribution in [1.82, 2.24) is 8.75 Å². The molecule has 9 heteroatoms. The van der Waals surface area contributed by atoms with Crippen LogP contribution in [0.5, 0.6) is 0 Å². The normalized spacial score (nSPS) is 11.5. The van der Waals surface area contributed by atoms with Crippen molar-refractivity contribution in [2.45, 2.75) is 4.90 Å². The van der Waals surface area contributed by atoms with Crippen LogP contribution in [-0.4, -0.2) is 28.8 Å². The molecule has 0 aliphatic carbocycles. The number of halogens is 1. The average Bonchev–Trinajstić information content (AvgIpc) is 2.97. The smallest absolute Gasteiger partial charge is 0.239 e. The number of amides is 1. The second kappa shape index (κ2) is 6.34. The van der Waals surface area contributed by atoms with Gasteiger partial charge in [0.05, 0.1) is 22.3 Å². The van der Waals surface area contributed by atoms with Gasteiger partial charge in [0.1, 0.15) is 16.8 Å². The second-order valence-electron chi connectivity index (χ2n) is 4.68. The van der Waals surface area contributed by atoms with Gasteiger partial charge in [-0.1, -0.05) is 18.2 Å². The highest BCUT2D eigenvalue weighted by molar-refractivity contribution is 9.10. The summed E-state index contributed by atoms with van der Waals surface area (Å²) >= 11 is 4.23. The van der Waals surface area contributed by atoms with Gasteiger partial charge in [0.25, 0.3) is 0 Å². The van der Waals surface area contributed by atoms with Gasteiger partial charge in [-0.2, -0.15) is 8.75 Å². The Labute approximate surface area is 144 Å². The molecule has 3 rings (SSSR count). The summed E-state index contributed by atoms with van der Waals surface area (Å²) in [4.78, 5) is 12.1. The predicted octanol–water partition coefficient (Wildman–Crippen LogP) is 2.87. The molecule has 0 saturated heterocycles. The van der Waals surface area contributed by atoms with E-state index in [0.717, 1.165) is 11.7 Å². The van der Waals surface area contributed by atoms with Crippen LogP contribution in [-0.2, 0) is 14.6 Å². The SMILES string of the molecule is O=C(CS(=O)(=O)c1cccc2nsnc12)Nc1ccccc1Br. The Balaban J connectivity index is 1.85. The molecule has 0 saturated carbocycles. The van der Waals surface area contributed by atoms with Crippen molar-refractivity contribution in [3.8, 4) is 0 Å². The highest BCUT2D eigenvalue weighted by atomic mass is 79.9. The van der Waals surface area contributed by atoms with E-state index in [0.29, 0.717) is 21.2 Å². The molecule has 3 aromatic rings. The van der Waals surface area contributed by atoms with E-state index in [-0.39, 0.29) is 4.90 Å². The molecule has 118 valence electrons. The molecule has 0 spiro atoms. The molecule has 0 aliphatic rings. The van der Waals surface area contributed by atoms with Gasteiger partial charge in [0.2, 0.25) is 5.91 Å². The maximum atomic E-state index is 12.5. The van der Waals surface area contributed by atoms with E-state index in [1.54, 1.807) is 36.4 Å². The fraction of sp³-hybridized carbons (Fsp3) is 0.0714. The molecule has 1 N–H and O–H groups in total. The first-order valence-corrected chi connectivity index (χ1v) is 9.63. The first-order chi connectivity index (χ1) is 11.0. The number of para-hydroxylation sites is 1. The monoisotopic (exact) mass is 411 g/mol. The minimum atomic E-state index is -3.81. The lowest BCUT2D eigenvalue weighted by atomic mass is 10.3. The van der Waals surface area contributed by atoms with Crippen LogP contribution in [0.25, 0.3) is 11.0 Å². The average molecular weight is 412 g/mol. The Hall–Kier alpha value is -1.84. The Kier molecular flexibility index (Phi) is 4.42. The number of carbonyl (C=O) groups is 1. The maximum Gasteiger partial charge on any atom is 0.239 e. The van der Waals surface area contributed by atoms with Crippen LogP contribution in [0.1, 0.15) is 0 Å². The highest BCUT2D eigenvalue weighted by Gasteiger charge is 2.23. The van der Waals surface area contributed by atoms with E-state index in [2.05, 4.69) is 30.0 Å². The van der Waals surface area contributed by atoms with E-state index in [1.807, 2.05) is 0 Å². The summed E-state index contributed by atoms with van der Waals surface area (Å²) in [5, 5.41) is 2.58. The number of rotatable bonds is 4. The van der Waals surface area contributed by atoms with Gasteiger partial charge < -0.3 is 5.32 Å². The first-order valence-electron chi connectivity index (χ1n) is 6.46. The van der Waals surface area contributed by atoms with E-state index in [1.165, 1.54) is 6.07 Å². The topological polar surface area (TPSA) is 89.0 Å². The standard InChI is InChI=1S/C14H10BrN3O3S2/c15-9-4-1-2-5-10(9)16-13(19)8-23(20,21)12-7-3-6-11-14(12)18-22-17-11/h1-7H,8H2,(H,16,19). The number of nitrogens with zero attached hydrogens (tertiary/aromatic N) is 2. The minimum absolute atomic E-state index is 0.0195. The highest BCUT2D eigenvalue weighted by Crippen LogP contribution is 2.24. The molecule has 0 unspecified atom stereocenters. The fourth-order valence-corrected chi connectivity index (χ4v) is 4.33. The van der Waals surface area contributed by atoms with Crippen molar-refractivity contribution in [1.29, 1.82) is 0 Å². The molecular formula is C14H10BrN3O3S2. The molecule has 1 aromatic heterocycles. The number of anilines is 1. The summed E-state index contributed by atoms with van der Waals surface area (Å²) in [5.74, 6) is -1.28. The quantitative estimate of drug-likeness (QED) is 0.712. The first kappa shape index (κ1) is 16.0. The van der Waals surface area contributed by atoms with Crippen molar-refractivity contribution in [2.75, 3.05) is 11.1 Å². The Morgan fingerprint density at radius 2 is 1.91 bits per heavy atom. The van der Waals surface area contributed by atoms with Crippen LogP contribution in [0.3, 0.4) is 0 Å². The molecule has 0 aliphatic heterocycles. The summed E-state index contributed by atoms with van der Waals surface area (Å²) in [5.41, 5.74) is 1.31. The summed E-state index contributed by atoms with van der Waals surface area (Å²) in [7, 11) is -3.81. The summed E-state index contributed by atoms with van der Waals surface area (Å²) in [6.45, 7) is 0. The van der Waals surface area contributed by atoms with E-state index in [4.69, 9.17) is 0 Å². The maximum absolute atomic E-state index is 12.5. The van der Waals surface area contributed by atoms with Gasteiger partial charge in [0, 0.05) is 4.47 Å². The van der Waals surface area contributed by atoms with Crippen LogP contribution in [0.15, 0.2) is 51.8 Å². The summed E-state index contributed by atoms with van der Waals surface area (Å²) in [6, 6.07) is 11.7. The lowest BCUT2D eigenvalue weighted by molar-refractivity contribution is -0.113. The zero-order chi connectivity index (χ0) is 16.4. The van der Waals surface area contributed by atoms with Crippen LogP contribution in [0.4, 0.5) is 5.69 Å². The Bertz CT molecular complexity index is 986. The largest absolute Gasteiger partial charge is 0.324 e. The Morgan fingerprint density at radius 1 is 1.13 bits per heavy atom. The number of carbonyl (C=O) groups excluding carboxylic acids is 1. The molecule has 23 heavy (non-hydrogen) atoms. The number of sulfone groups is 1. The van der Waals surface area contributed by atoms with Crippen LogP contribution >= 0.6 is 27.7 Å². The van der Waals surface area contributed by atoms with Gasteiger partial charge in [-0.05, 0) is 40.2 Å². The number of aromatic nitrogens is 2. The van der Waals surface area contributed by atoms with Crippen molar-refractivity contribution in [3.05, 3.63) is 46.9 Å². The molecule has 6 nitrogen and oxygen atoms in total. The van der Waals surface area contributed by atoms with Gasteiger partial charge in [0.15, 0.2) is 9.84 Å². The van der Waals surface area contributed by atoms with Gasteiger partial charge >= 0.3 is 0 Å². The molecule has 0 radical (unpaired) electrons. The Morgan fingerprint density at radius 3 is 2.70 bits per heavy atom.